The van der Waals surface area contributed by atoms with E-state index in [-0.39, 0.29) is 35.5 Å². The van der Waals surface area contributed by atoms with Gasteiger partial charge < -0.3 is 14.8 Å². The van der Waals surface area contributed by atoms with Crippen LogP contribution in [-0.2, 0) is 23.9 Å². The Balaban J connectivity index is 1.81. The van der Waals surface area contributed by atoms with E-state index >= 15 is 0 Å². The number of ether oxygens (including phenoxy) is 2. The first kappa shape index (κ1) is 30.5. The second kappa shape index (κ2) is 13.9. The minimum absolute atomic E-state index is 0.0158. The molecule has 2 aliphatic heterocycles. The van der Waals surface area contributed by atoms with Crippen molar-refractivity contribution in [1.29, 1.82) is 0 Å². The van der Waals surface area contributed by atoms with E-state index in [1.807, 2.05) is 20.8 Å². The Hall–Kier alpha value is -3.01. The number of esters is 1. The lowest BCUT2D eigenvalue weighted by atomic mass is 9.85. The third-order valence-corrected chi connectivity index (χ3v) is 7.58. The largest absolute Gasteiger partial charge is 0.494 e. The number of hydrogen-bond acceptors (Lipinski definition) is 7. The summed E-state index contributed by atoms with van der Waals surface area (Å²) in [5.74, 6) is -2.21. The lowest BCUT2D eigenvalue weighted by Crippen LogP contribution is -2.59. The van der Waals surface area contributed by atoms with Gasteiger partial charge >= 0.3 is 5.97 Å². The van der Waals surface area contributed by atoms with E-state index in [4.69, 9.17) is 9.47 Å². The molecule has 1 fully saturated rings. The number of ketones is 1. The van der Waals surface area contributed by atoms with Gasteiger partial charge in [0.25, 0.3) is 5.91 Å². The number of amides is 2. The second-order valence-electron chi connectivity index (χ2n) is 11.1. The van der Waals surface area contributed by atoms with Gasteiger partial charge in [-0.25, -0.2) is 9.82 Å². The van der Waals surface area contributed by atoms with Crippen LogP contribution in [0, 0.1) is 23.6 Å². The van der Waals surface area contributed by atoms with Crippen molar-refractivity contribution < 1.29 is 33.0 Å². The Labute approximate surface area is 230 Å². The van der Waals surface area contributed by atoms with Crippen molar-refractivity contribution in [3.05, 3.63) is 29.6 Å². The number of carbonyl (C=O) groups is 4. The van der Waals surface area contributed by atoms with Crippen molar-refractivity contribution in [1.82, 2.24) is 15.8 Å². The molecule has 0 unspecified atom stereocenters. The van der Waals surface area contributed by atoms with Gasteiger partial charge in [-0.15, -0.1) is 0 Å². The molecule has 4 bridgehead atoms. The highest BCUT2D eigenvalue weighted by atomic mass is 19.1. The second-order valence-corrected chi connectivity index (χ2v) is 11.1. The van der Waals surface area contributed by atoms with Crippen LogP contribution in [0.1, 0.15) is 84.8 Å². The molecule has 10 heteroatoms. The van der Waals surface area contributed by atoms with Gasteiger partial charge in [0.05, 0.1) is 6.61 Å². The maximum Gasteiger partial charge on any atom is 0.325 e. The van der Waals surface area contributed by atoms with Crippen LogP contribution in [-0.4, -0.2) is 53.8 Å². The Morgan fingerprint density at radius 3 is 2.49 bits per heavy atom. The number of halogens is 1. The number of fused-ring (bicyclic) bond motifs is 4. The van der Waals surface area contributed by atoms with Crippen LogP contribution in [0.5, 0.6) is 5.75 Å². The van der Waals surface area contributed by atoms with Gasteiger partial charge in [0.1, 0.15) is 35.5 Å². The molecule has 9 nitrogen and oxygen atoms in total. The molecule has 5 atom stereocenters. The van der Waals surface area contributed by atoms with E-state index in [1.54, 1.807) is 13.8 Å². The van der Waals surface area contributed by atoms with Gasteiger partial charge in [-0.2, -0.15) is 0 Å². The Bertz CT molecular complexity index is 1050. The Morgan fingerprint density at radius 2 is 1.77 bits per heavy atom. The zero-order valence-corrected chi connectivity index (χ0v) is 23.6. The maximum atomic E-state index is 14.6. The van der Waals surface area contributed by atoms with Crippen molar-refractivity contribution in [2.45, 2.75) is 91.3 Å². The summed E-state index contributed by atoms with van der Waals surface area (Å²) in [4.78, 5) is 52.1. The molecule has 0 spiro atoms. The molecule has 2 heterocycles. The fourth-order valence-corrected chi connectivity index (χ4v) is 4.93. The van der Waals surface area contributed by atoms with E-state index in [2.05, 4.69) is 10.7 Å². The zero-order chi connectivity index (χ0) is 28.7. The molecule has 1 aromatic carbocycles. The number of cyclic esters (lactones) is 1. The molecule has 3 rings (SSSR count). The fourth-order valence-electron chi connectivity index (χ4n) is 4.93. The molecule has 1 aromatic rings. The molecule has 2 aliphatic rings. The number of hydrazine groups is 1. The van der Waals surface area contributed by atoms with Crippen LogP contribution in [0.3, 0.4) is 0 Å². The molecule has 1 saturated heterocycles. The summed E-state index contributed by atoms with van der Waals surface area (Å²) < 4.78 is 26.0. The molecule has 39 heavy (non-hydrogen) atoms. The maximum absolute atomic E-state index is 14.6. The van der Waals surface area contributed by atoms with Crippen LogP contribution in [0.4, 0.5) is 4.39 Å². The Kier molecular flexibility index (Phi) is 10.9. The number of benzene rings is 1. The van der Waals surface area contributed by atoms with Gasteiger partial charge in [-0.05, 0) is 70.1 Å². The predicted octanol–water partition coefficient (Wildman–Crippen LogP) is 3.86. The average molecular weight is 548 g/mol. The molecule has 0 radical (unpaired) electrons. The van der Waals surface area contributed by atoms with Crippen LogP contribution >= 0.6 is 0 Å². The van der Waals surface area contributed by atoms with Gasteiger partial charge in [0, 0.05) is 30.4 Å². The number of nitrogens with zero attached hydrogens (tertiary/aromatic N) is 1. The summed E-state index contributed by atoms with van der Waals surface area (Å²) >= 11 is 0. The number of rotatable bonds is 1. The summed E-state index contributed by atoms with van der Waals surface area (Å²) in [7, 11) is 0. The highest BCUT2D eigenvalue weighted by Gasteiger charge is 2.34. The summed E-state index contributed by atoms with van der Waals surface area (Å²) in [6.45, 7) is 9.58. The summed E-state index contributed by atoms with van der Waals surface area (Å²) in [6.07, 6.45) is 2.34. The van der Waals surface area contributed by atoms with Gasteiger partial charge in [-0.3, -0.25) is 24.2 Å². The first-order chi connectivity index (χ1) is 18.5. The smallest absolute Gasteiger partial charge is 0.325 e. The monoisotopic (exact) mass is 547 g/mol. The SMILES string of the molecule is CC(C)[C@@H]1CC(=O)[C@H](C)CCCCOc2ccc(F)c(c2)[C@@H](C)OC(=O)[C@@H]2CCCN(N2)C(=O)[C@H](C)NC1=O. The first-order valence-corrected chi connectivity index (χ1v) is 14.0. The van der Waals surface area contributed by atoms with Crippen molar-refractivity contribution in [2.24, 2.45) is 17.8 Å². The third kappa shape index (κ3) is 8.24. The van der Waals surface area contributed by atoms with Gasteiger partial charge in [0.2, 0.25) is 5.91 Å². The molecule has 0 aromatic heterocycles. The molecule has 0 aliphatic carbocycles. The average Bonchev–Trinajstić information content (AvgIpc) is 2.90. The van der Waals surface area contributed by atoms with E-state index in [0.717, 1.165) is 6.42 Å². The minimum atomic E-state index is -0.871. The van der Waals surface area contributed by atoms with E-state index in [9.17, 15) is 23.6 Å². The molecular weight excluding hydrogens is 505 g/mol. The predicted molar refractivity (Wildman–Crippen MR) is 143 cm³/mol. The molecule has 216 valence electrons. The van der Waals surface area contributed by atoms with E-state index < -0.39 is 41.8 Å². The van der Waals surface area contributed by atoms with E-state index in [0.29, 0.717) is 44.6 Å². The van der Waals surface area contributed by atoms with Crippen molar-refractivity contribution in [3.63, 3.8) is 0 Å². The molecular formula is C29H42FN3O6. The highest BCUT2D eigenvalue weighted by Crippen LogP contribution is 2.27. The zero-order valence-electron chi connectivity index (χ0n) is 23.6. The first-order valence-electron chi connectivity index (χ1n) is 14.0. The lowest BCUT2D eigenvalue weighted by molar-refractivity contribution is -0.157. The molecule has 2 amide bonds. The van der Waals surface area contributed by atoms with Crippen molar-refractivity contribution in [3.8, 4) is 5.75 Å². The summed E-state index contributed by atoms with van der Waals surface area (Å²) in [5.41, 5.74) is 3.11. The fraction of sp³-hybridized carbons (Fsp3) is 0.655. The summed E-state index contributed by atoms with van der Waals surface area (Å²) in [6, 6.07) is 2.70. The molecule has 2 N–H and O–H groups in total. The standard InChI is InChI=1S/C29H42FN3O6/c1-17(2)22-16-26(34)18(3)9-6-7-14-38-21-11-12-24(30)23(15-21)20(5)39-29(37)25-10-8-13-33(32-25)28(36)19(4)31-27(22)35/h11-12,15,17-20,22,25,32H,6-10,13-14,16H2,1-5H3,(H,31,35)/t18-,19+,20-,22+,25+/m1/s1. The minimum Gasteiger partial charge on any atom is -0.494 e. The van der Waals surface area contributed by atoms with Gasteiger partial charge in [0.15, 0.2) is 0 Å². The van der Waals surface area contributed by atoms with Gasteiger partial charge in [-0.1, -0.05) is 20.8 Å². The van der Waals surface area contributed by atoms with Crippen LogP contribution < -0.4 is 15.5 Å². The Morgan fingerprint density at radius 1 is 1.03 bits per heavy atom. The van der Waals surface area contributed by atoms with Crippen LogP contribution in [0.25, 0.3) is 0 Å². The normalized spacial score (nSPS) is 28.6. The number of Topliss-reactive ketones (excluding diaryl/α,β-unsaturated/α-hetero) is 1. The quantitative estimate of drug-likeness (QED) is 0.513. The number of carbonyl (C=O) groups excluding carboxylic acids is 4. The summed E-state index contributed by atoms with van der Waals surface area (Å²) in [5, 5.41) is 4.09. The number of nitrogens with one attached hydrogen (secondary N) is 2. The van der Waals surface area contributed by atoms with Crippen LogP contribution in [0.2, 0.25) is 0 Å². The lowest BCUT2D eigenvalue weighted by Gasteiger charge is -2.35. The highest BCUT2D eigenvalue weighted by molar-refractivity contribution is 5.91. The third-order valence-electron chi connectivity index (χ3n) is 7.58. The topological polar surface area (TPSA) is 114 Å². The van der Waals surface area contributed by atoms with Crippen molar-refractivity contribution in [2.75, 3.05) is 13.2 Å². The van der Waals surface area contributed by atoms with Crippen LogP contribution in [0.15, 0.2) is 18.2 Å². The number of hydrogen-bond donors (Lipinski definition) is 2. The van der Waals surface area contributed by atoms with E-state index in [1.165, 1.54) is 23.2 Å². The molecule has 0 saturated carbocycles. The van der Waals surface area contributed by atoms with Crippen molar-refractivity contribution >= 4 is 23.6 Å².